The van der Waals surface area contributed by atoms with Crippen LogP contribution in [-0.2, 0) is 4.79 Å². The quantitative estimate of drug-likeness (QED) is 0.561. The van der Waals surface area contributed by atoms with Crippen LogP contribution in [0.2, 0.25) is 5.02 Å². The Morgan fingerprint density at radius 2 is 2.18 bits per heavy atom. The largest absolute Gasteiger partial charge is 0.389 e. The molecule has 0 aromatic heterocycles. The molecular weight excluding hydrogens is 258 g/mol. The number of carbonyl (C=O) groups is 1. The summed E-state index contributed by atoms with van der Waals surface area (Å²) in [5.41, 5.74) is 7.02. The molecule has 0 saturated carbocycles. The van der Waals surface area contributed by atoms with Crippen LogP contribution in [0, 0.1) is 0 Å². The van der Waals surface area contributed by atoms with Gasteiger partial charge in [-0.15, -0.1) is 0 Å². The maximum absolute atomic E-state index is 10.6. The van der Waals surface area contributed by atoms with Crippen molar-refractivity contribution in [3.63, 3.8) is 0 Å². The molecular formula is C11H14ClN3OS. The first-order valence-electron chi connectivity index (χ1n) is 5.08. The van der Waals surface area contributed by atoms with Crippen LogP contribution in [0.5, 0.6) is 0 Å². The zero-order valence-corrected chi connectivity index (χ0v) is 11.0. The van der Waals surface area contributed by atoms with Crippen molar-refractivity contribution in [2.75, 3.05) is 18.4 Å². The summed E-state index contributed by atoms with van der Waals surface area (Å²) in [6.45, 7) is 2.67. The van der Waals surface area contributed by atoms with Gasteiger partial charge in [0.1, 0.15) is 4.99 Å². The van der Waals surface area contributed by atoms with Gasteiger partial charge in [0.05, 0.1) is 5.02 Å². The summed E-state index contributed by atoms with van der Waals surface area (Å²) in [5.74, 6) is -0.0475. The molecule has 0 aliphatic rings. The number of carbonyl (C=O) groups excluding carboxylic acids is 1. The van der Waals surface area contributed by atoms with E-state index in [9.17, 15) is 4.79 Å². The zero-order chi connectivity index (χ0) is 12.8. The summed E-state index contributed by atoms with van der Waals surface area (Å²) in [7, 11) is 0. The van der Waals surface area contributed by atoms with Gasteiger partial charge >= 0.3 is 0 Å². The van der Waals surface area contributed by atoms with E-state index >= 15 is 0 Å². The fourth-order valence-electron chi connectivity index (χ4n) is 1.27. The Hall–Kier alpha value is -1.33. The van der Waals surface area contributed by atoms with Crippen LogP contribution in [0.3, 0.4) is 0 Å². The van der Waals surface area contributed by atoms with Crippen molar-refractivity contribution in [3.05, 3.63) is 28.8 Å². The minimum Gasteiger partial charge on any atom is -0.389 e. The molecule has 4 nitrogen and oxygen atoms in total. The van der Waals surface area contributed by atoms with Gasteiger partial charge in [-0.05, 0) is 18.2 Å². The van der Waals surface area contributed by atoms with E-state index in [2.05, 4.69) is 10.6 Å². The first-order valence-corrected chi connectivity index (χ1v) is 5.87. The molecule has 1 aromatic carbocycles. The van der Waals surface area contributed by atoms with E-state index in [4.69, 9.17) is 29.6 Å². The first kappa shape index (κ1) is 13.7. The van der Waals surface area contributed by atoms with Gasteiger partial charge < -0.3 is 16.4 Å². The third kappa shape index (κ3) is 4.58. The maximum atomic E-state index is 10.6. The van der Waals surface area contributed by atoms with E-state index in [0.717, 1.165) is 5.69 Å². The normalized spacial score (nSPS) is 9.76. The molecule has 0 radical (unpaired) electrons. The molecule has 0 aliphatic heterocycles. The number of benzene rings is 1. The molecule has 4 N–H and O–H groups in total. The van der Waals surface area contributed by atoms with Crippen molar-refractivity contribution in [3.8, 4) is 0 Å². The third-order valence-electron chi connectivity index (χ3n) is 2.06. The van der Waals surface area contributed by atoms with E-state index in [-0.39, 0.29) is 10.9 Å². The Kier molecular flexibility index (Phi) is 5.18. The van der Waals surface area contributed by atoms with Crippen LogP contribution in [0.4, 0.5) is 5.69 Å². The second kappa shape index (κ2) is 6.42. The van der Waals surface area contributed by atoms with Crippen LogP contribution in [0.25, 0.3) is 0 Å². The Morgan fingerprint density at radius 1 is 1.47 bits per heavy atom. The van der Waals surface area contributed by atoms with Crippen molar-refractivity contribution >= 4 is 40.4 Å². The van der Waals surface area contributed by atoms with E-state index in [1.54, 1.807) is 12.1 Å². The lowest BCUT2D eigenvalue weighted by Crippen LogP contribution is -2.26. The minimum atomic E-state index is -0.0475. The van der Waals surface area contributed by atoms with Crippen molar-refractivity contribution < 1.29 is 4.79 Å². The molecule has 0 spiro atoms. The van der Waals surface area contributed by atoms with Gasteiger partial charge in [-0.1, -0.05) is 23.8 Å². The van der Waals surface area contributed by atoms with Crippen LogP contribution in [0.1, 0.15) is 12.5 Å². The number of thiocarbonyl (C=S) groups is 1. The summed E-state index contributed by atoms with van der Waals surface area (Å²) < 4.78 is 0. The Bertz CT molecular complexity index is 437. The number of hydrogen-bond acceptors (Lipinski definition) is 3. The van der Waals surface area contributed by atoms with Gasteiger partial charge in [0.2, 0.25) is 5.91 Å². The highest BCUT2D eigenvalue weighted by molar-refractivity contribution is 7.80. The molecule has 0 aliphatic carbocycles. The summed E-state index contributed by atoms with van der Waals surface area (Å²) in [6.07, 6.45) is 0. The average molecular weight is 272 g/mol. The van der Waals surface area contributed by atoms with Crippen molar-refractivity contribution in [2.24, 2.45) is 5.73 Å². The summed E-state index contributed by atoms with van der Waals surface area (Å²) in [5, 5.41) is 6.32. The highest BCUT2D eigenvalue weighted by Crippen LogP contribution is 2.20. The fourth-order valence-corrected chi connectivity index (χ4v) is 1.79. The van der Waals surface area contributed by atoms with E-state index < -0.39 is 0 Å². The van der Waals surface area contributed by atoms with E-state index in [0.29, 0.717) is 23.7 Å². The standard InChI is InChI=1S/C11H14ClN3OS/c1-7(16)14-4-5-15-8-2-3-9(11(13)17)10(12)6-8/h2-3,6,15H,4-5H2,1H3,(H2,13,17)(H,14,16). The van der Waals surface area contributed by atoms with Gasteiger partial charge in [-0.2, -0.15) is 0 Å². The third-order valence-corrected chi connectivity index (χ3v) is 2.60. The number of nitrogens with one attached hydrogen (secondary N) is 2. The molecule has 17 heavy (non-hydrogen) atoms. The molecule has 0 bridgehead atoms. The van der Waals surface area contributed by atoms with Crippen LogP contribution < -0.4 is 16.4 Å². The van der Waals surface area contributed by atoms with Crippen LogP contribution >= 0.6 is 23.8 Å². The predicted octanol–water partition coefficient (Wildman–Crippen LogP) is 1.52. The number of hydrogen-bond donors (Lipinski definition) is 3. The highest BCUT2D eigenvalue weighted by atomic mass is 35.5. The number of anilines is 1. The second-order valence-electron chi connectivity index (χ2n) is 3.47. The molecule has 1 amide bonds. The van der Waals surface area contributed by atoms with Gasteiger partial charge in [-0.25, -0.2) is 0 Å². The number of nitrogens with two attached hydrogens (primary N) is 1. The Balaban J connectivity index is 2.53. The van der Waals surface area contributed by atoms with Gasteiger partial charge in [0, 0.05) is 31.3 Å². The molecule has 6 heteroatoms. The molecule has 0 saturated heterocycles. The van der Waals surface area contributed by atoms with Gasteiger partial charge in [-0.3, -0.25) is 4.79 Å². The molecule has 0 fully saturated rings. The predicted molar refractivity (Wildman–Crippen MR) is 74.5 cm³/mol. The summed E-state index contributed by atoms with van der Waals surface area (Å²) in [6, 6.07) is 5.36. The zero-order valence-electron chi connectivity index (χ0n) is 9.42. The lowest BCUT2D eigenvalue weighted by molar-refractivity contribution is -0.118. The molecule has 0 heterocycles. The summed E-state index contributed by atoms with van der Waals surface area (Å²) in [4.78, 5) is 10.9. The number of halogens is 1. The van der Waals surface area contributed by atoms with E-state index in [1.807, 2.05) is 6.07 Å². The van der Waals surface area contributed by atoms with E-state index in [1.165, 1.54) is 6.92 Å². The van der Waals surface area contributed by atoms with Gasteiger partial charge in [0.15, 0.2) is 0 Å². The maximum Gasteiger partial charge on any atom is 0.216 e. The fraction of sp³-hybridized carbons (Fsp3) is 0.273. The molecule has 92 valence electrons. The van der Waals surface area contributed by atoms with Crippen molar-refractivity contribution in [1.82, 2.24) is 5.32 Å². The van der Waals surface area contributed by atoms with Gasteiger partial charge in [0.25, 0.3) is 0 Å². The monoisotopic (exact) mass is 271 g/mol. The lowest BCUT2D eigenvalue weighted by atomic mass is 10.2. The van der Waals surface area contributed by atoms with Crippen LogP contribution in [0.15, 0.2) is 18.2 Å². The SMILES string of the molecule is CC(=O)NCCNc1ccc(C(N)=S)c(Cl)c1. The Morgan fingerprint density at radius 3 is 2.71 bits per heavy atom. The van der Waals surface area contributed by atoms with Crippen molar-refractivity contribution in [2.45, 2.75) is 6.92 Å². The lowest BCUT2D eigenvalue weighted by Gasteiger charge is -2.09. The number of amides is 1. The first-order chi connectivity index (χ1) is 8.00. The molecule has 1 aromatic rings. The Labute approximate surface area is 111 Å². The number of rotatable bonds is 5. The highest BCUT2D eigenvalue weighted by Gasteiger charge is 2.03. The van der Waals surface area contributed by atoms with Crippen molar-refractivity contribution in [1.29, 1.82) is 0 Å². The molecule has 0 unspecified atom stereocenters. The van der Waals surface area contributed by atoms with Crippen LogP contribution in [-0.4, -0.2) is 24.0 Å². The second-order valence-corrected chi connectivity index (χ2v) is 4.32. The summed E-state index contributed by atoms with van der Waals surface area (Å²) >= 11 is 10.9. The minimum absolute atomic E-state index is 0.0475. The topological polar surface area (TPSA) is 67.2 Å². The molecule has 0 atom stereocenters. The smallest absolute Gasteiger partial charge is 0.216 e. The average Bonchev–Trinajstić information content (AvgIpc) is 2.23. The molecule has 1 rings (SSSR count).